The maximum atomic E-state index is 6.63. The molecule has 6 rings (SSSR count). The van der Waals surface area contributed by atoms with E-state index in [4.69, 9.17) is 18.9 Å². The van der Waals surface area contributed by atoms with Gasteiger partial charge in [-0.05, 0) is 36.1 Å². The fraction of sp³-hybridized carbons (Fsp3) is 0.222. The van der Waals surface area contributed by atoms with Crippen LogP contribution in [-0.4, -0.2) is 25.1 Å². The molecule has 1 heterocycles. The zero-order chi connectivity index (χ0) is 27.6. The van der Waals surface area contributed by atoms with E-state index in [2.05, 4.69) is 54.6 Å². The summed E-state index contributed by atoms with van der Waals surface area (Å²) in [6.07, 6.45) is 6.31. The number of allylic oxidation sites excluding steroid dienone is 2. The standard InChI is InChI=1S/C31H25O2.C5H10O2.3ClH.Ti/c1-5-14-24(15-6-1)30(25-16-7-2-8-17-25)32-28-22-13-23-29(28)33-31(26-18-9-3-10-19-26)27-20-11-4-12-21-27;1-5(2)6-3-4-7-5;;;;/h1-22,29-31H;3-4H2,1-2H3;3*1H;/q-1;;;;;+4/p-3/t29-;;;;;/m1...../s1. The molecule has 1 atom stereocenters. The maximum absolute atomic E-state index is 6.63. The van der Waals surface area contributed by atoms with Crippen molar-refractivity contribution in [3.05, 3.63) is 168 Å². The van der Waals surface area contributed by atoms with Gasteiger partial charge in [-0.15, -0.1) is 0 Å². The third-order valence-electron chi connectivity index (χ3n) is 6.67. The smallest absolute Gasteiger partial charge is 1.00 e. The minimum absolute atomic E-state index is 0. The molecule has 2 aliphatic rings. The van der Waals surface area contributed by atoms with Gasteiger partial charge in [-0.1, -0.05) is 121 Å². The second kappa shape index (κ2) is 19.9. The Hall–Kier alpha value is -2.38. The second-order valence-electron chi connectivity index (χ2n) is 10.0. The van der Waals surface area contributed by atoms with Gasteiger partial charge in [0.05, 0.1) is 13.2 Å². The molecule has 0 amide bonds. The molecule has 1 saturated heterocycles. The van der Waals surface area contributed by atoms with Gasteiger partial charge in [0.2, 0.25) is 0 Å². The van der Waals surface area contributed by atoms with E-state index in [0.717, 1.165) is 41.2 Å². The van der Waals surface area contributed by atoms with Crippen LogP contribution in [-0.2, 0) is 40.7 Å². The summed E-state index contributed by atoms with van der Waals surface area (Å²) in [6.45, 7) is 5.32. The van der Waals surface area contributed by atoms with Crippen molar-refractivity contribution in [2.75, 3.05) is 13.2 Å². The molecule has 1 aliphatic heterocycles. The average molecular weight is 686 g/mol. The Bertz CT molecular complexity index is 1300. The van der Waals surface area contributed by atoms with Gasteiger partial charge < -0.3 is 56.2 Å². The Balaban J connectivity index is 0.000000782. The van der Waals surface area contributed by atoms with Gasteiger partial charge in [-0.3, -0.25) is 0 Å². The summed E-state index contributed by atoms with van der Waals surface area (Å²) in [6, 6.07) is 41.1. The zero-order valence-corrected chi connectivity index (χ0v) is 28.4. The van der Waals surface area contributed by atoms with Crippen LogP contribution in [0.5, 0.6) is 0 Å². The van der Waals surface area contributed by atoms with E-state index >= 15 is 0 Å². The zero-order valence-electron chi connectivity index (χ0n) is 24.6. The molecule has 228 valence electrons. The summed E-state index contributed by atoms with van der Waals surface area (Å²) in [7, 11) is 0. The molecule has 8 heteroatoms. The van der Waals surface area contributed by atoms with Gasteiger partial charge in [0.15, 0.2) is 5.79 Å². The number of halogens is 3. The van der Waals surface area contributed by atoms with E-state index < -0.39 is 6.10 Å². The predicted octanol–water partition coefficient (Wildman–Crippen LogP) is -0.997. The average Bonchev–Trinajstić information content (AvgIpc) is 3.64. The van der Waals surface area contributed by atoms with Crippen molar-refractivity contribution in [3.63, 3.8) is 0 Å². The third kappa shape index (κ3) is 11.2. The van der Waals surface area contributed by atoms with Gasteiger partial charge >= 0.3 is 21.7 Å². The maximum Gasteiger partial charge on any atom is 4.00 e. The molecule has 4 nitrogen and oxygen atoms in total. The molecule has 0 aromatic heterocycles. The molecule has 4 aromatic rings. The van der Waals surface area contributed by atoms with Crippen molar-refractivity contribution >= 4 is 0 Å². The van der Waals surface area contributed by atoms with E-state index in [1.807, 2.05) is 98.8 Å². The molecular formula is C36H35Cl3O4Ti. The van der Waals surface area contributed by atoms with Crippen LogP contribution in [0.25, 0.3) is 0 Å². The molecule has 0 radical (unpaired) electrons. The molecule has 4 aromatic carbocycles. The van der Waals surface area contributed by atoms with Crippen molar-refractivity contribution in [2.45, 2.75) is 37.9 Å². The normalized spacial score (nSPS) is 15.8. The van der Waals surface area contributed by atoms with E-state index in [-0.39, 0.29) is 76.9 Å². The predicted molar refractivity (Wildman–Crippen MR) is 157 cm³/mol. The van der Waals surface area contributed by atoms with Crippen molar-refractivity contribution in [1.29, 1.82) is 0 Å². The number of benzene rings is 4. The van der Waals surface area contributed by atoms with Crippen LogP contribution < -0.4 is 37.2 Å². The van der Waals surface area contributed by atoms with Crippen LogP contribution in [0.2, 0.25) is 0 Å². The summed E-state index contributed by atoms with van der Waals surface area (Å²) in [5, 5.41) is 0. The molecule has 44 heavy (non-hydrogen) atoms. The Morgan fingerprint density at radius 1 is 0.614 bits per heavy atom. The van der Waals surface area contributed by atoms with Gasteiger partial charge in [0.1, 0.15) is 12.2 Å². The topological polar surface area (TPSA) is 36.9 Å². The van der Waals surface area contributed by atoms with Crippen LogP contribution in [0.4, 0.5) is 0 Å². The summed E-state index contributed by atoms with van der Waals surface area (Å²) in [4.78, 5) is 0. The molecule has 0 spiro atoms. The number of hydrogen-bond donors (Lipinski definition) is 0. The minimum atomic E-state index is -0.398. The van der Waals surface area contributed by atoms with E-state index in [9.17, 15) is 0 Å². The SMILES string of the molecule is CC1(C)OCCO1.[C-]1=CC=C(OC(c2ccccc2)c2ccccc2)[C@@H]1OC(c1ccccc1)c1ccccc1.[Cl-].[Cl-].[Cl-].[Ti+4]. The summed E-state index contributed by atoms with van der Waals surface area (Å²) in [5.74, 6) is 0.449. The Morgan fingerprint density at radius 2 is 0.977 bits per heavy atom. The largest absolute Gasteiger partial charge is 4.00 e. The van der Waals surface area contributed by atoms with Gasteiger partial charge in [-0.2, -0.15) is 6.08 Å². The van der Waals surface area contributed by atoms with Crippen LogP contribution in [0.3, 0.4) is 0 Å². The van der Waals surface area contributed by atoms with Crippen molar-refractivity contribution in [3.8, 4) is 0 Å². The van der Waals surface area contributed by atoms with Crippen LogP contribution in [0.1, 0.15) is 48.3 Å². The Labute approximate surface area is 295 Å². The number of ether oxygens (including phenoxy) is 4. The fourth-order valence-electron chi connectivity index (χ4n) is 4.67. The van der Waals surface area contributed by atoms with E-state index in [0.29, 0.717) is 0 Å². The molecule has 0 saturated carbocycles. The molecular weight excluding hydrogens is 651 g/mol. The van der Waals surface area contributed by atoms with E-state index in [1.54, 1.807) is 0 Å². The first kappa shape index (κ1) is 39.6. The van der Waals surface area contributed by atoms with Crippen LogP contribution in [0.15, 0.2) is 139 Å². The Morgan fingerprint density at radius 3 is 1.32 bits per heavy atom. The number of rotatable bonds is 8. The fourth-order valence-corrected chi connectivity index (χ4v) is 4.67. The van der Waals surface area contributed by atoms with Gasteiger partial charge in [-0.25, -0.2) is 12.2 Å². The second-order valence-corrected chi connectivity index (χ2v) is 10.0. The van der Waals surface area contributed by atoms with Gasteiger partial charge in [0.25, 0.3) is 0 Å². The summed E-state index contributed by atoms with van der Waals surface area (Å²) < 4.78 is 23.5. The molecule has 0 unspecified atom stereocenters. The number of hydrogen-bond acceptors (Lipinski definition) is 4. The quantitative estimate of drug-likeness (QED) is 0.177. The third-order valence-corrected chi connectivity index (χ3v) is 6.67. The van der Waals surface area contributed by atoms with Crippen molar-refractivity contribution in [1.82, 2.24) is 0 Å². The molecule has 0 bridgehead atoms. The minimum Gasteiger partial charge on any atom is -1.00 e. The monoisotopic (exact) mass is 684 g/mol. The molecule has 0 N–H and O–H groups in total. The summed E-state index contributed by atoms with van der Waals surface area (Å²) in [5.41, 5.74) is 4.38. The van der Waals surface area contributed by atoms with E-state index in [1.165, 1.54) is 0 Å². The van der Waals surface area contributed by atoms with Crippen LogP contribution in [0, 0.1) is 6.08 Å². The Kier molecular flexibility index (Phi) is 17.9. The van der Waals surface area contributed by atoms with Crippen molar-refractivity contribution in [2.24, 2.45) is 0 Å². The first-order valence-corrected chi connectivity index (χ1v) is 13.7. The first-order valence-electron chi connectivity index (χ1n) is 13.7. The molecule has 1 fully saturated rings. The van der Waals surface area contributed by atoms with Crippen LogP contribution >= 0.6 is 0 Å². The molecule has 1 aliphatic carbocycles. The van der Waals surface area contributed by atoms with Crippen molar-refractivity contribution < 1.29 is 77.9 Å². The summed E-state index contributed by atoms with van der Waals surface area (Å²) >= 11 is 0. The first-order chi connectivity index (χ1) is 19.6. The van der Waals surface area contributed by atoms with Gasteiger partial charge in [0, 0.05) is 11.9 Å².